The summed E-state index contributed by atoms with van der Waals surface area (Å²) in [5, 5.41) is 2.43. The maximum absolute atomic E-state index is 11.5. The second-order valence-corrected chi connectivity index (χ2v) is 4.59. The predicted octanol–water partition coefficient (Wildman–Crippen LogP) is 1.87. The van der Waals surface area contributed by atoms with Gasteiger partial charge in [0.25, 0.3) is 5.91 Å². The zero-order valence-electron chi connectivity index (χ0n) is 12.1. The highest BCUT2D eigenvalue weighted by atomic mass is 16.5. The molecule has 0 saturated heterocycles. The average molecular weight is 279 g/mol. The fourth-order valence-corrected chi connectivity index (χ4v) is 1.53. The lowest BCUT2D eigenvalue weighted by molar-refractivity contribution is -0.143. The van der Waals surface area contributed by atoms with Crippen LogP contribution in [-0.2, 0) is 14.3 Å². The van der Waals surface area contributed by atoms with E-state index in [9.17, 15) is 9.59 Å². The van der Waals surface area contributed by atoms with E-state index < -0.39 is 5.97 Å². The number of ether oxygens (including phenoxy) is 2. The number of hydrogen-bond donors (Lipinski definition) is 1. The van der Waals surface area contributed by atoms with Crippen molar-refractivity contribution in [3.05, 3.63) is 29.8 Å². The number of amides is 1. The van der Waals surface area contributed by atoms with E-state index in [-0.39, 0.29) is 19.1 Å². The molecule has 5 nitrogen and oxygen atoms in total. The Morgan fingerprint density at radius 2 is 1.85 bits per heavy atom. The van der Waals surface area contributed by atoms with Crippen LogP contribution in [0.3, 0.4) is 0 Å². The van der Waals surface area contributed by atoms with Crippen molar-refractivity contribution in [1.82, 2.24) is 5.32 Å². The first-order valence-electron chi connectivity index (χ1n) is 6.68. The molecule has 0 aliphatic carbocycles. The van der Waals surface area contributed by atoms with Gasteiger partial charge < -0.3 is 14.8 Å². The average Bonchev–Trinajstić information content (AvgIpc) is 2.43. The van der Waals surface area contributed by atoms with Crippen molar-refractivity contribution in [2.45, 2.75) is 26.7 Å². The molecule has 1 aromatic rings. The summed E-state index contributed by atoms with van der Waals surface area (Å²) < 4.78 is 10.0. The molecule has 0 saturated carbocycles. The summed E-state index contributed by atoms with van der Waals surface area (Å²) in [6.07, 6.45) is 0. The van der Waals surface area contributed by atoms with Crippen LogP contribution in [-0.4, -0.2) is 31.6 Å². The Morgan fingerprint density at radius 3 is 2.40 bits per heavy atom. The van der Waals surface area contributed by atoms with E-state index in [4.69, 9.17) is 9.47 Å². The van der Waals surface area contributed by atoms with Gasteiger partial charge in [-0.2, -0.15) is 0 Å². The number of nitrogens with one attached hydrogen (secondary N) is 1. The van der Waals surface area contributed by atoms with Gasteiger partial charge in [0.2, 0.25) is 0 Å². The maximum atomic E-state index is 11.5. The smallest absolute Gasteiger partial charge is 0.325 e. The molecule has 20 heavy (non-hydrogen) atoms. The highest BCUT2D eigenvalue weighted by molar-refractivity contribution is 5.82. The SMILES string of the molecule is CCOC(=O)CNC(=O)COc1ccc(C(C)C)cc1. The zero-order chi connectivity index (χ0) is 15.0. The van der Waals surface area contributed by atoms with Crippen molar-refractivity contribution in [3.63, 3.8) is 0 Å². The molecule has 0 heterocycles. The Bertz CT molecular complexity index is 440. The van der Waals surface area contributed by atoms with Gasteiger partial charge in [-0.3, -0.25) is 9.59 Å². The largest absolute Gasteiger partial charge is 0.484 e. The summed E-state index contributed by atoms with van der Waals surface area (Å²) in [7, 11) is 0. The van der Waals surface area contributed by atoms with Gasteiger partial charge in [-0.25, -0.2) is 0 Å². The van der Waals surface area contributed by atoms with E-state index in [1.807, 2.05) is 24.3 Å². The summed E-state index contributed by atoms with van der Waals surface area (Å²) in [6, 6.07) is 7.59. The van der Waals surface area contributed by atoms with Gasteiger partial charge in [-0.15, -0.1) is 0 Å². The molecule has 110 valence electrons. The van der Waals surface area contributed by atoms with Crippen LogP contribution < -0.4 is 10.1 Å². The van der Waals surface area contributed by atoms with Gasteiger partial charge in [0, 0.05) is 0 Å². The van der Waals surface area contributed by atoms with E-state index in [2.05, 4.69) is 19.2 Å². The number of carbonyl (C=O) groups excluding carboxylic acids is 2. The van der Waals surface area contributed by atoms with Crippen LogP contribution in [0.4, 0.5) is 0 Å². The van der Waals surface area contributed by atoms with Crippen LogP contribution in [0.1, 0.15) is 32.3 Å². The predicted molar refractivity (Wildman–Crippen MR) is 75.7 cm³/mol. The summed E-state index contributed by atoms with van der Waals surface area (Å²) in [5.74, 6) is 0.269. The van der Waals surface area contributed by atoms with Crippen LogP contribution in [0.5, 0.6) is 5.75 Å². The van der Waals surface area contributed by atoms with Crippen molar-refractivity contribution in [3.8, 4) is 5.75 Å². The molecule has 0 aliphatic rings. The molecule has 1 rings (SSSR count). The number of benzene rings is 1. The molecule has 5 heteroatoms. The molecule has 0 radical (unpaired) electrons. The zero-order valence-corrected chi connectivity index (χ0v) is 12.1. The number of esters is 1. The summed E-state index contributed by atoms with van der Waals surface area (Å²) >= 11 is 0. The molecule has 0 spiro atoms. The Labute approximate surface area is 119 Å². The number of carbonyl (C=O) groups is 2. The third-order valence-electron chi connectivity index (χ3n) is 2.65. The standard InChI is InChI=1S/C15H21NO4/c1-4-19-15(18)9-16-14(17)10-20-13-7-5-12(6-8-13)11(2)3/h5-8,11H,4,9-10H2,1-3H3,(H,16,17). The molecule has 0 unspecified atom stereocenters. The lowest BCUT2D eigenvalue weighted by Crippen LogP contribution is -2.34. The molecular formula is C15H21NO4. The lowest BCUT2D eigenvalue weighted by Gasteiger charge is -2.09. The molecular weight excluding hydrogens is 258 g/mol. The van der Waals surface area contributed by atoms with E-state index in [1.165, 1.54) is 5.56 Å². The van der Waals surface area contributed by atoms with Gasteiger partial charge in [0.1, 0.15) is 12.3 Å². The second kappa shape index (κ2) is 8.19. The van der Waals surface area contributed by atoms with E-state index >= 15 is 0 Å². The number of hydrogen-bond acceptors (Lipinski definition) is 4. The topological polar surface area (TPSA) is 64.6 Å². The molecule has 0 aromatic heterocycles. The minimum atomic E-state index is -0.456. The van der Waals surface area contributed by atoms with Gasteiger partial charge in [0.05, 0.1) is 6.61 Å². The third-order valence-corrected chi connectivity index (χ3v) is 2.65. The first kappa shape index (κ1) is 16.0. The summed E-state index contributed by atoms with van der Waals surface area (Å²) in [4.78, 5) is 22.5. The van der Waals surface area contributed by atoms with Crippen molar-refractivity contribution in [2.75, 3.05) is 19.8 Å². The highest BCUT2D eigenvalue weighted by Crippen LogP contribution is 2.18. The minimum Gasteiger partial charge on any atom is -0.484 e. The van der Waals surface area contributed by atoms with Crippen LogP contribution in [0.15, 0.2) is 24.3 Å². The Morgan fingerprint density at radius 1 is 1.20 bits per heavy atom. The molecule has 0 fully saturated rings. The normalized spacial score (nSPS) is 10.2. The van der Waals surface area contributed by atoms with E-state index in [0.29, 0.717) is 18.3 Å². The second-order valence-electron chi connectivity index (χ2n) is 4.59. The minimum absolute atomic E-state index is 0.125. The molecule has 1 aromatic carbocycles. The van der Waals surface area contributed by atoms with Gasteiger partial charge in [0.15, 0.2) is 6.61 Å². The van der Waals surface area contributed by atoms with Gasteiger partial charge in [-0.1, -0.05) is 26.0 Å². The molecule has 0 atom stereocenters. The molecule has 1 N–H and O–H groups in total. The van der Waals surface area contributed by atoms with E-state index in [1.54, 1.807) is 6.92 Å². The van der Waals surface area contributed by atoms with Gasteiger partial charge in [-0.05, 0) is 30.5 Å². The van der Waals surface area contributed by atoms with Crippen molar-refractivity contribution in [2.24, 2.45) is 0 Å². The van der Waals surface area contributed by atoms with Crippen LogP contribution in [0.2, 0.25) is 0 Å². The number of rotatable bonds is 7. The van der Waals surface area contributed by atoms with Crippen molar-refractivity contribution in [1.29, 1.82) is 0 Å². The van der Waals surface area contributed by atoms with Gasteiger partial charge >= 0.3 is 5.97 Å². The van der Waals surface area contributed by atoms with Crippen LogP contribution >= 0.6 is 0 Å². The van der Waals surface area contributed by atoms with E-state index in [0.717, 1.165) is 0 Å². The van der Waals surface area contributed by atoms with Crippen molar-refractivity contribution < 1.29 is 19.1 Å². The first-order chi connectivity index (χ1) is 9.52. The monoisotopic (exact) mass is 279 g/mol. The Kier molecular flexibility index (Phi) is 6.56. The molecule has 0 bridgehead atoms. The van der Waals surface area contributed by atoms with Crippen molar-refractivity contribution >= 4 is 11.9 Å². The summed E-state index contributed by atoms with van der Waals surface area (Å²) in [5.41, 5.74) is 1.21. The molecule has 1 amide bonds. The maximum Gasteiger partial charge on any atom is 0.325 e. The van der Waals surface area contributed by atoms with Crippen LogP contribution in [0, 0.1) is 0 Å². The first-order valence-corrected chi connectivity index (χ1v) is 6.68. The fourth-order valence-electron chi connectivity index (χ4n) is 1.53. The quantitative estimate of drug-likeness (QED) is 0.774. The molecule has 0 aliphatic heterocycles. The van der Waals surface area contributed by atoms with Crippen LogP contribution in [0.25, 0.3) is 0 Å². The summed E-state index contributed by atoms with van der Waals surface area (Å²) in [6.45, 7) is 5.97. The Balaban J connectivity index is 2.32. The fraction of sp³-hybridized carbons (Fsp3) is 0.467. The highest BCUT2D eigenvalue weighted by Gasteiger charge is 2.07. The third kappa shape index (κ3) is 5.73. The Hall–Kier alpha value is -2.04. The lowest BCUT2D eigenvalue weighted by atomic mass is 10.0.